The van der Waals surface area contributed by atoms with Gasteiger partial charge in [0.15, 0.2) is 0 Å². The molecule has 0 atom stereocenters. The average Bonchev–Trinajstić information content (AvgIpc) is 2.53. The number of carbonyl (C=O) groups is 1. The lowest BCUT2D eigenvalue weighted by molar-refractivity contribution is -0.139. The van der Waals surface area contributed by atoms with Gasteiger partial charge in [-0.25, -0.2) is 9.78 Å². The van der Waals surface area contributed by atoms with Crippen LogP contribution in [0, 0.1) is 5.41 Å². The maximum Gasteiger partial charge on any atom is 0.334 e. The summed E-state index contributed by atoms with van der Waals surface area (Å²) >= 11 is 0. The Hall–Kier alpha value is -1.84. The van der Waals surface area contributed by atoms with E-state index in [4.69, 9.17) is 14.5 Å². The van der Waals surface area contributed by atoms with E-state index in [1.807, 2.05) is 19.1 Å². The summed E-state index contributed by atoms with van der Waals surface area (Å²) in [7, 11) is 1.65. The van der Waals surface area contributed by atoms with Gasteiger partial charge in [-0.15, -0.1) is 0 Å². The Balaban J connectivity index is 2.60. The highest BCUT2D eigenvalue weighted by Crippen LogP contribution is 2.44. The molecule has 0 saturated heterocycles. The number of aromatic nitrogens is 1. The van der Waals surface area contributed by atoms with Crippen LogP contribution in [-0.2, 0) is 9.53 Å². The molecule has 1 aromatic heterocycles. The second-order valence-electron chi connectivity index (χ2n) is 7.46. The third kappa shape index (κ3) is 3.97. The third-order valence-corrected chi connectivity index (χ3v) is 4.57. The fourth-order valence-corrected chi connectivity index (χ4v) is 3.13. The smallest absolute Gasteiger partial charge is 0.334 e. The lowest BCUT2D eigenvalue weighted by atomic mass is 9.73. The quantitative estimate of drug-likeness (QED) is 0.731. The van der Waals surface area contributed by atoms with Crippen LogP contribution in [0.3, 0.4) is 0 Å². The molecule has 1 heterocycles. The summed E-state index contributed by atoms with van der Waals surface area (Å²) in [6, 6.07) is 3.94. The van der Waals surface area contributed by atoms with Gasteiger partial charge in [0.05, 0.1) is 13.7 Å². The van der Waals surface area contributed by atoms with Crippen molar-refractivity contribution >= 4 is 11.5 Å². The molecule has 0 saturated carbocycles. The summed E-state index contributed by atoms with van der Waals surface area (Å²) < 4.78 is 10.8. The summed E-state index contributed by atoms with van der Waals surface area (Å²) in [6.07, 6.45) is 2.53. The molecule has 0 aliphatic heterocycles. The van der Waals surface area contributed by atoms with Gasteiger partial charge in [0.2, 0.25) is 0 Å². The van der Waals surface area contributed by atoms with E-state index in [-0.39, 0.29) is 11.4 Å². The first-order valence-corrected chi connectivity index (χ1v) is 8.73. The number of rotatable bonds is 5. The van der Waals surface area contributed by atoms with Gasteiger partial charge in [0, 0.05) is 11.3 Å². The van der Waals surface area contributed by atoms with Crippen molar-refractivity contribution in [3.63, 3.8) is 0 Å². The Bertz CT molecular complexity index is 644. The minimum absolute atomic E-state index is 0.0918. The minimum Gasteiger partial charge on any atom is -0.494 e. The van der Waals surface area contributed by atoms with Crippen LogP contribution >= 0.6 is 0 Å². The van der Waals surface area contributed by atoms with Crippen LogP contribution in [0.5, 0.6) is 5.75 Å². The molecule has 2 rings (SSSR count). The van der Waals surface area contributed by atoms with Crippen molar-refractivity contribution in [3.8, 4) is 5.75 Å². The summed E-state index contributed by atoms with van der Waals surface area (Å²) in [5, 5.41) is 0. The van der Waals surface area contributed by atoms with Gasteiger partial charge in [0.25, 0.3) is 0 Å². The summed E-state index contributed by atoms with van der Waals surface area (Å²) in [4.78, 5) is 17.4. The number of hydrogen-bond acceptors (Lipinski definition) is 4. The molecule has 0 radical (unpaired) electrons. The first kappa shape index (κ1) is 18.5. The van der Waals surface area contributed by atoms with Crippen LogP contribution in [0.15, 0.2) is 17.7 Å². The van der Waals surface area contributed by atoms with E-state index in [0.29, 0.717) is 18.9 Å². The molecule has 1 aliphatic carbocycles. The van der Waals surface area contributed by atoms with Crippen molar-refractivity contribution in [2.24, 2.45) is 5.41 Å². The van der Waals surface area contributed by atoms with Crippen LogP contribution in [0.25, 0.3) is 5.57 Å². The molecule has 0 aromatic carbocycles. The fraction of sp³-hybridized carbons (Fsp3) is 0.600. The van der Waals surface area contributed by atoms with Crippen LogP contribution in [0.4, 0.5) is 0 Å². The van der Waals surface area contributed by atoms with Gasteiger partial charge in [-0.2, -0.15) is 0 Å². The molecule has 1 aliphatic rings. The number of esters is 1. The van der Waals surface area contributed by atoms with E-state index in [2.05, 4.69) is 27.7 Å². The second-order valence-corrected chi connectivity index (χ2v) is 7.46. The largest absolute Gasteiger partial charge is 0.494 e. The van der Waals surface area contributed by atoms with Gasteiger partial charge in [-0.3, -0.25) is 0 Å². The number of hydrogen-bond donors (Lipinski definition) is 0. The molecule has 4 heteroatoms. The molecule has 0 fully saturated rings. The van der Waals surface area contributed by atoms with Crippen molar-refractivity contribution in [3.05, 3.63) is 29.1 Å². The number of ether oxygens (including phenoxy) is 2. The first-order chi connectivity index (χ1) is 11.3. The topological polar surface area (TPSA) is 48.4 Å². The van der Waals surface area contributed by atoms with E-state index in [0.717, 1.165) is 41.1 Å². The lowest BCUT2D eigenvalue weighted by Crippen LogP contribution is -2.24. The van der Waals surface area contributed by atoms with Gasteiger partial charge in [-0.05, 0) is 55.2 Å². The molecule has 0 bridgehead atoms. The van der Waals surface area contributed by atoms with Crippen molar-refractivity contribution in [1.82, 2.24) is 4.98 Å². The Kier molecular flexibility index (Phi) is 5.68. The summed E-state index contributed by atoms with van der Waals surface area (Å²) in [6.45, 7) is 10.8. The standard InChI is InChI=1S/C20H29NO3/c1-7-24-19(22)15-12-20(4,5)11-10-14(15)18-17(23-6)9-8-16(21-18)13(2)3/h8-9,13H,7,10-12H2,1-6H3. The molecule has 0 amide bonds. The molecule has 4 nitrogen and oxygen atoms in total. The molecule has 0 N–H and O–H groups in total. The Morgan fingerprint density at radius 2 is 2.04 bits per heavy atom. The minimum atomic E-state index is -0.223. The molecule has 0 spiro atoms. The van der Waals surface area contributed by atoms with E-state index >= 15 is 0 Å². The molecular formula is C20H29NO3. The molecule has 1 aromatic rings. The fourth-order valence-electron chi connectivity index (χ4n) is 3.13. The van der Waals surface area contributed by atoms with Crippen LogP contribution in [0.2, 0.25) is 0 Å². The average molecular weight is 331 g/mol. The zero-order valence-corrected chi connectivity index (χ0v) is 15.7. The van der Waals surface area contributed by atoms with Crippen molar-refractivity contribution < 1.29 is 14.3 Å². The Morgan fingerprint density at radius 3 is 2.62 bits per heavy atom. The van der Waals surface area contributed by atoms with Crippen LogP contribution in [0.1, 0.15) is 71.2 Å². The van der Waals surface area contributed by atoms with Crippen LogP contribution in [-0.4, -0.2) is 24.7 Å². The number of methoxy groups -OCH3 is 1. The molecular weight excluding hydrogens is 302 g/mol. The Morgan fingerprint density at radius 1 is 1.33 bits per heavy atom. The summed E-state index contributed by atoms with van der Waals surface area (Å²) in [5.41, 5.74) is 3.62. The molecule has 132 valence electrons. The van der Waals surface area contributed by atoms with Crippen molar-refractivity contribution in [2.75, 3.05) is 13.7 Å². The Labute approximate surface area is 145 Å². The zero-order valence-electron chi connectivity index (χ0n) is 15.7. The second kappa shape index (κ2) is 7.37. The number of carbonyl (C=O) groups excluding carboxylic acids is 1. The van der Waals surface area contributed by atoms with Crippen molar-refractivity contribution in [1.29, 1.82) is 0 Å². The SMILES string of the molecule is CCOC(=O)C1=C(c2nc(C(C)C)ccc2OC)CCC(C)(C)C1. The summed E-state index contributed by atoms with van der Waals surface area (Å²) in [5.74, 6) is 0.816. The van der Waals surface area contributed by atoms with Gasteiger partial charge in [-0.1, -0.05) is 27.7 Å². The highest BCUT2D eigenvalue weighted by molar-refractivity contribution is 5.98. The van der Waals surface area contributed by atoms with E-state index in [1.165, 1.54) is 0 Å². The normalized spacial score (nSPS) is 17.1. The number of pyridine rings is 1. The monoisotopic (exact) mass is 331 g/mol. The van der Waals surface area contributed by atoms with Crippen molar-refractivity contribution in [2.45, 2.75) is 59.8 Å². The van der Waals surface area contributed by atoms with E-state index in [1.54, 1.807) is 7.11 Å². The lowest BCUT2D eigenvalue weighted by Gasteiger charge is -2.32. The zero-order chi connectivity index (χ0) is 17.9. The van der Waals surface area contributed by atoms with Gasteiger partial charge < -0.3 is 9.47 Å². The first-order valence-electron chi connectivity index (χ1n) is 8.73. The molecule has 24 heavy (non-hydrogen) atoms. The number of allylic oxidation sites excluding steroid dienone is 1. The maximum atomic E-state index is 12.5. The number of nitrogens with zero attached hydrogens (tertiary/aromatic N) is 1. The predicted molar refractivity (Wildman–Crippen MR) is 96.1 cm³/mol. The predicted octanol–water partition coefficient (Wildman–Crippen LogP) is 4.74. The van der Waals surface area contributed by atoms with Crippen LogP contribution < -0.4 is 4.74 Å². The van der Waals surface area contributed by atoms with E-state index in [9.17, 15) is 4.79 Å². The van der Waals surface area contributed by atoms with Gasteiger partial charge >= 0.3 is 5.97 Å². The maximum absolute atomic E-state index is 12.5. The highest BCUT2D eigenvalue weighted by Gasteiger charge is 2.33. The third-order valence-electron chi connectivity index (χ3n) is 4.57. The molecule has 0 unspecified atom stereocenters. The van der Waals surface area contributed by atoms with Gasteiger partial charge in [0.1, 0.15) is 11.4 Å². The van der Waals surface area contributed by atoms with E-state index < -0.39 is 0 Å². The highest BCUT2D eigenvalue weighted by atomic mass is 16.5.